The number of nitrogens with one attached hydrogen (secondary N) is 1. The Bertz CT molecular complexity index is 904. The lowest BCUT2D eigenvalue weighted by Gasteiger charge is -2.39. The average Bonchev–Trinajstić information content (AvgIpc) is 2.78. The zero-order chi connectivity index (χ0) is 22.0. The van der Waals surface area contributed by atoms with Gasteiger partial charge in [0, 0.05) is 12.6 Å². The van der Waals surface area contributed by atoms with Gasteiger partial charge in [-0.15, -0.1) is 0 Å². The molecule has 31 heavy (non-hydrogen) atoms. The summed E-state index contributed by atoms with van der Waals surface area (Å²) in [5, 5.41) is 3.19. The second-order valence-electron chi connectivity index (χ2n) is 8.80. The smallest absolute Gasteiger partial charge is 0.335 e. The minimum Gasteiger partial charge on any atom is -0.335 e. The molecule has 0 saturated heterocycles. The molecular formula is C25H29F3N2O. The molecule has 1 N–H and O–H groups in total. The quantitative estimate of drug-likeness (QED) is 0.606. The van der Waals surface area contributed by atoms with E-state index in [1.54, 1.807) is 4.90 Å². The van der Waals surface area contributed by atoms with Gasteiger partial charge in [-0.1, -0.05) is 55.7 Å². The number of carbonyl (C=O) groups is 1. The summed E-state index contributed by atoms with van der Waals surface area (Å²) >= 11 is 0. The van der Waals surface area contributed by atoms with Crippen LogP contribution in [-0.4, -0.2) is 23.5 Å². The zero-order valence-electron chi connectivity index (χ0n) is 17.8. The Labute approximate surface area is 181 Å². The second kappa shape index (κ2) is 8.93. The molecule has 2 atom stereocenters. The Morgan fingerprint density at radius 2 is 1.71 bits per heavy atom. The van der Waals surface area contributed by atoms with E-state index in [1.807, 2.05) is 24.3 Å². The Morgan fingerprint density at radius 1 is 1.03 bits per heavy atom. The number of carbonyl (C=O) groups excluding carboxylic acids is 1. The number of hydrogen-bond donors (Lipinski definition) is 1. The van der Waals surface area contributed by atoms with Crippen LogP contribution < -0.4 is 5.32 Å². The number of nitrogens with zero attached hydrogens (tertiary/aromatic N) is 1. The van der Waals surface area contributed by atoms with Gasteiger partial charge in [-0.3, -0.25) is 0 Å². The van der Waals surface area contributed by atoms with Gasteiger partial charge in [0.25, 0.3) is 0 Å². The van der Waals surface area contributed by atoms with Crippen molar-refractivity contribution in [3.8, 4) is 0 Å². The number of hydrogen-bond acceptors (Lipinski definition) is 1. The third kappa shape index (κ3) is 4.73. The van der Waals surface area contributed by atoms with Crippen molar-refractivity contribution < 1.29 is 18.0 Å². The maximum absolute atomic E-state index is 13.3. The van der Waals surface area contributed by atoms with Crippen LogP contribution in [0.5, 0.6) is 0 Å². The fourth-order valence-electron chi connectivity index (χ4n) is 5.03. The first-order valence-electron chi connectivity index (χ1n) is 11.2. The highest BCUT2D eigenvalue weighted by molar-refractivity contribution is 5.76. The second-order valence-corrected chi connectivity index (χ2v) is 8.80. The molecule has 1 saturated carbocycles. The molecule has 0 aromatic heterocycles. The van der Waals surface area contributed by atoms with Gasteiger partial charge in [0.2, 0.25) is 0 Å². The average molecular weight is 431 g/mol. The van der Waals surface area contributed by atoms with Crippen LogP contribution in [0.25, 0.3) is 0 Å². The van der Waals surface area contributed by atoms with E-state index in [0.29, 0.717) is 18.0 Å². The molecule has 0 spiro atoms. The van der Waals surface area contributed by atoms with Gasteiger partial charge in [0.15, 0.2) is 0 Å². The molecular weight excluding hydrogens is 401 g/mol. The highest BCUT2D eigenvalue weighted by Crippen LogP contribution is 2.37. The Kier molecular flexibility index (Phi) is 6.26. The van der Waals surface area contributed by atoms with Crippen molar-refractivity contribution in [1.82, 2.24) is 10.2 Å². The third-order valence-electron chi connectivity index (χ3n) is 6.81. The monoisotopic (exact) mass is 430 g/mol. The number of fused-ring (bicyclic) bond motifs is 1. The lowest BCUT2D eigenvalue weighted by atomic mass is 9.84. The maximum Gasteiger partial charge on any atom is 0.416 e. The summed E-state index contributed by atoms with van der Waals surface area (Å²) in [7, 11) is 0. The highest BCUT2D eigenvalue weighted by Gasteiger charge is 2.35. The molecule has 4 rings (SSSR count). The molecule has 6 heteroatoms. The molecule has 1 aliphatic heterocycles. The standard InChI is InChI=1S/C25H29F3N2O/c1-17(18-7-3-2-4-8-18)29-24(31)30-16-15-19-9-5-6-10-22(19)23(30)20-11-13-21(14-12-20)25(26,27)28/h5-6,9-14,17-18,23H,2-4,7-8,15-16H2,1H3,(H,29,31)/t17-,23+/m0/s1. The van der Waals surface area contributed by atoms with E-state index in [9.17, 15) is 18.0 Å². The summed E-state index contributed by atoms with van der Waals surface area (Å²) in [5.74, 6) is 0.485. The fourth-order valence-corrected chi connectivity index (χ4v) is 5.03. The van der Waals surface area contributed by atoms with Crippen LogP contribution in [0.15, 0.2) is 48.5 Å². The summed E-state index contributed by atoms with van der Waals surface area (Å²) in [5.41, 5.74) is 2.13. The minimum atomic E-state index is -4.38. The van der Waals surface area contributed by atoms with Crippen molar-refractivity contribution in [2.45, 2.75) is 63.7 Å². The normalized spacial score (nSPS) is 20.8. The molecule has 3 nitrogen and oxygen atoms in total. The van der Waals surface area contributed by atoms with Crippen molar-refractivity contribution in [2.24, 2.45) is 5.92 Å². The SMILES string of the molecule is C[C@H](NC(=O)N1CCc2ccccc2[C@H]1c1ccc(C(F)(F)F)cc1)C1CCCCC1. The number of halogens is 3. The summed E-state index contributed by atoms with van der Waals surface area (Å²) in [6.45, 7) is 2.60. The molecule has 1 aliphatic carbocycles. The van der Waals surface area contributed by atoms with E-state index >= 15 is 0 Å². The van der Waals surface area contributed by atoms with Crippen LogP contribution in [0, 0.1) is 5.92 Å². The lowest BCUT2D eigenvalue weighted by Crippen LogP contribution is -2.50. The Hall–Kier alpha value is -2.50. The van der Waals surface area contributed by atoms with E-state index in [1.165, 1.54) is 31.4 Å². The van der Waals surface area contributed by atoms with Crippen molar-refractivity contribution >= 4 is 6.03 Å². The minimum absolute atomic E-state index is 0.0817. The molecule has 2 aromatic carbocycles. The van der Waals surface area contributed by atoms with Crippen molar-refractivity contribution in [3.05, 3.63) is 70.8 Å². The number of urea groups is 1. The van der Waals surface area contributed by atoms with Gasteiger partial charge in [-0.05, 0) is 60.9 Å². The van der Waals surface area contributed by atoms with Crippen molar-refractivity contribution in [1.29, 1.82) is 0 Å². The van der Waals surface area contributed by atoms with Crippen LogP contribution >= 0.6 is 0 Å². The van der Waals surface area contributed by atoms with E-state index in [2.05, 4.69) is 12.2 Å². The summed E-state index contributed by atoms with van der Waals surface area (Å²) in [6.07, 6.45) is 2.29. The number of amides is 2. The Balaban J connectivity index is 1.61. The topological polar surface area (TPSA) is 32.3 Å². The number of benzene rings is 2. The first kappa shape index (κ1) is 21.7. The third-order valence-corrected chi connectivity index (χ3v) is 6.81. The van der Waals surface area contributed by atoms with E-state index in [-0.39, 0.29) is 12.1 Å². The van der Waals surface area contributed by atoms with Crippen LogP contribution in [0.2, 0.25) is 0 Å². The summed E-state index contributed by atoms with van der Waals surface area (Å²) in [6, 6.07) is 12.6. The summed E-state index contributed by atoms with van der Waals surface area (Å²) < 4.78 is 39.2. The summed E-state index contributed by atoms with van der Waals surface area (Å²) in [4.78, 5) is 15.1. The largest absolute Gasteiger partial charge is 0.416 e. The van der Waals surface area contributed by atoms with Gasteiger partial charge in [-0.25, -0.2) is 4.79 Å². The lowest BCUT2D eigenvalue weighted by molar-refractivity contribution is -0.137. The predicted octanol–water partition coefficient (Wildman–Crippen LogP) is 6.33. The van der Waals surface area contributed by atoms with Crippen LogP contribution in [0.1, 0.15) is 67.3 Å². The van der Waals surface area contributed by atoms with Gasteiger partial charge < -0.3 is 10.2 Å². The van der Waals surface area contributed by atoms with Gasteiger partial charge >= 0.3 is 12.2 Å². The van der Waals surface area contributed by atoms with E-state index < -0.39 is 17.8 Å². The van der Waals surface area contributed by atoms with Crippen LogP contribution in [-0.2, 0) is 12.6 Å². The predicted molar refractivity (Wildman–Crippen MR) is 115 cm³/mol. The maximum atomic E-state index is 13.3. The van der Waals surface area contributed by atoms with Crippen molar-refractivity contribution in [2.75, 3.05) is 6.54 Å². The highest BCUT2D eigenvalue weighted by atomic mass is 19.4. The molecule has 2 aromatic rings. The molecule has 1 heterocycles. The first-order chi connectivity index (χ1) is 14.8. The van der Waals surface area contributed by atoms with E-state index in [4.69, 9.17) is 0 Å². The number of rotatable bonds is 3. The fraction of sp³-hybridized carbons (Fsp3) is 0.480. The molecule has 2 amide bonds. The first-order valence-corrected chi connectivity index (χ1v) is 11.2. The number of alkyl halides is 3. The molecule has 0 radical (unpaired) electrons. The van der Waals surface area contributed by atoms with Gasteiger partial charge in [0.05, 0.1) is 11.6 Å². The molecule has 1 fully saturated rings. The van der Waals surface area contributed by atoms with Gasteiger partial charge in [0.1, 0.15) is 0 Å². The van der Waals surface area contributed by atoms with Gasteiger partial charge in [-0.2, -0.15) is 13.2 Å². The molecule has 166 valence electrons. The molecule has 0 bridgehead atoms. The molecule has 2 aliphatic rings. The van der Waals surface area contributed by atoms with Crippen LogP contribution in [0.3, 0.4) is 0 Å². The zero-order valence-corrected chi connectivity index (χ0v) is 17.8. The Morgan fingerprint density at radius 3 is 2.39 bits per heavy atom. The van der Waals surface area contributed by atoms with Crippen molar-refractivity contribution in [3.63, 3.8) is 0 Å². The van der Waals surface area contributed by atoms with E-state index in [0.717, 1.165) is 42.5 Å². The van der Waals surface area contributed by atoms with Crippen LogP contribution in [0.4, 0.5) is 18.0 Å². The molecule has 0 unspecified atom stereocenters.